The van der Waals surface area contributed by atoms with Crippen molar-refractivity contribution in [3.8, 4) is 0 Å². The SMILES string of the molecule is CCc1nncn1CCNC(=NCCCSC)N1CCC(Cc2ccccc2)CC1.I. The topological polar surface area (TPSA) is 58.3 Å². The number of guanidine groups is 1. The van der Waals surface area contributed by atoms with E-state index in [2.05, 4.69) is 68.5 Å². The van der Waals surface area contributed by atoms with E-state index >= 15 is 0 Å². The molecule has 1 aromatic carbocycles. The summed E-state index contributed by atoms with van der Waals surface area (Å²) in [5.74, 6) is 4.04. The minimum Gasteiger partial charge on any atom is -0.354 e. The second kappa shape index (κ2) is 14.7. The number of aromatic nitrogens is 3. The average Bonchev–Trinajstić information content (AvgIpc) is 3.24. The van der Waals surface area contributed by atoms with Gasteiger partial charge in [-0.15, -0.1) is 34.2 Å². The van der Waals surface area contributed by atoms with Crippen molar-refractivity contribution in [2.45, 2.75) is 45.6 Å². The summed E-state index contributed by atoms with van der Waals surface area (Å²) in [6.45, 7) is 6.88. The third kappa shape index (κ3) is 8.63. The molecule has 0 aliphatic carbocycles. The molecule has 1 saturated heterocycles. The normalized spacial score (nSPS) is 15.0. The summed E-state index contributed by atoms with van der Waals surface area (Å²) in [7, 11) is 0. The highest BCUT2D eigenvalue weighted by atomic mass is 127. The van der Waals surface area contributed by atoms with Gasteiger partial charge in [0.15, 0.2) is 5.96 Å². The molecule has 172 valence electrons. The summed E-state index contributed by atoms with van der Waals surface area (Å²) in [4.78, 5) is 7.38. The molecule has 1 aromatic heterocycles. The number of hydrogen-bond donors (Lipinski definition) is 1. The molecule has 0 bridgehead atoms. The van der Waals surface area contributed by atoms with E-state index in [1.54, 1.807) is 0 Å². The molecule has 0 atom stereocenters. The molecule has 2 heterocycles. The van der Waals surface area contributed by atoms with E-state index in [-0.39, 0.29) is 24.0 Å². The number of hydrogen-bond acceptors (Lipinski definition) is 4. The number of aryl methyl sites for hydroxylation is 1. The smallest absolute Gasteiger partial charge is 0.193 e. The van der Waals surface area contributed by atoms with Crippen molar-refractivity contribution < 1.29 is 0 Å². The van der Waals surface area contributed by atoms with Gasteiger partial charge in [0.05, 0.1) is 0 Å². The molecular formula is C23H37IN6S. The number of benzene rings is 1. The quantitative estimate of drug-likeness (QED) is 0.207. The van der Waals surface area contributed by atoms with Crippen LogP contribution < -0.4 is 5.32 Å². The lowest BCUT2D eigenvalue weighted by atomic mass is 9.90. The zero-order valence-corrected chi connectivity index (χ0v) is 22.0. The standard InChI is InChI=1S/C23H36N6S.HI/c1-3-22-27-26-19-29(22)16-13-25-23(24-12-7-17-30-2)28-14-10-21(11-15-28)18-20-8-5-4-6-9-20;/h4-6,8-9,19,21H,3,7,10-18H2,1-2H3,(H,24,25);1H. The maximum Gasteiger partial charge on any atom is 0.193 e. The Balaban J connectivity index is 0.00000341. The molecule has 1 fully saturated rings. The molecular weight excluding hydrogens is 519 g/mol. The minimum atomic E-state index is 0. The van der Waals surface area contributed by atoms with Crippen molar-refractivity contribution in [2.24, 2.45) is 10.9 Å². The highest BCUT2D eigenvalue weighted by molar-refractivity contribution is 14.0. The van der Waals surface area contributed by atoms with Crippen molar-refractivity contribution >= 4 is 41.7 Å². The van der Waals surface area contributed by atoms with Gasteiger partial charge in [-0.1, -0.05) is 37.3 Å². The van der Waals surface area contributed by atoms with Crippen LogP contribution in [0.2, 0.25) is 0 Å². The largest absolute Gasteiger partial charge is 0.354 e. The molecule has 1 aliphatic heterocycles. The predicted molar refractivity (Wildman–Crippen MR) is 143 cm³/mol. The fraction of sp³-hybridized carbons (Fsp3) is 0.609. The number of rotatable bonds is 10. The number of halogens is 1. The van der Waals surface area contributed by atoms with Crippen molar-refractivity contribution in [1.29, 1.82) is 0 Å². The van der Waals surface area contributed by atoms with Gasteiger partial charge in [-0.3, -0.25) is 4.99 Å². The average molecular weight is 557 g/mol. The van der Waals surface area contributed by atoms with Crippen LogP contribution in [0.1, 0.15) is 37.6 Å². The van der Waals surface area contributed by atoms with Gasteiger partial charge in [0.25, 0.3) is 0 Å². The second-order valence-corrected chi connectivity index (χ2v) is 8.88. The molecule has 0 amide bonds. The third-order valence-corrected chi connectivity index (χ3v) is 6.39. The van der Waals surface area contributed by atoms with E-state index in [1.807, 2.05) is 18.1 Å². The molecule has 3 rings (SSSR count). The van der Waals surface area contributed by atoms with Crippen LogP contribution in [0.4, 0.5) is 0 Å². The van der Waals surface area contributed by atoms with Crippen LogP contribution in [0.15, 0.2) is 41.7 Å². The highest BCUT2D eigenvalue weighted by Crippen LogP contribution is 2.21. The lowest BCUT2D eigenvalue weighted by Crippen LogP contribution is -2.46. The molecule has 0 spiro atoms. The summed E-state index contributed by atoms with van der Waals surface area (Å²) < 4.78 is 2.13. The van der Waals surface area contributed by atoms with Gasteiger partial charge in [-0.25, -0.2) is 0 Å². The summed E-state index contributed by atoms with van der Waals surface area (Å²) in [5, 5.41) is 11.8. The number of nitrogens with one attached hydrogen (secondary N) is 1. The molecule has 31 heavy (non-hydrogen) atoms. The van der Waals surface area contributed by atoms with Crippen molar-refractivity contribution in [3.05, 3.63) is 48.0 Å². The zero-order chi connectivity index (χ0) is 21.0. The maximum absolute atomic E-state index is 4.93. The number of aliphatic imine (C=N–C) groups is 1. The molecule has 6 nitrogen and oxygen atoms in total. The van der Waals surface area contributed by atoms with E-state index in [1.165, 1.54) is 24.8 Å². The summed E-state index contributed by atoms with van der Waals surface area (Å²) in [6.07, 6.45) is 9.66. The molecule has 1 N–H and O–H groups in total. The third-order valence-electron chi connectivity index (χ3n) is 5.70. The Hall–Kier alpha value is -1.29. The molecule has 0 unspecified atom stereocenters. The fourth-order valence-corrected chi connectivity index (χ4v) is 4.40. The van der Waals surface area contributed by atoms with Crippen molar-refractivity contribution in [1.82, 2.24) is 25.0 Å². The Kier molecular flexibility index (Phi) is 12.3. The Morgan fingerprint density at radius 3 is 2.71 bits per heavy atom. The second-order valence-electron chi connectivity index (χ2n) is 7.89. The van der Waals surface area contributed by atoms with Gasteiger partial charge in [0.1, 0.15) is 12.2 Å². The lowest BCUT2D eigenvalue weighted by molar-refractivity contribution is 0.258. The van der Waals surface area contributed by atoms with Gasteiger partial charge in [-0.05, 0) is 49.2 Å². The zero-order valence-electron chi connectivity index (χ0n) is 18.9. The van der Waals surface area contributed by atoms with Gasteiger partial charge in [-0.2, -0.15) is 11.8 Å². The van der Waals surface area contributed by atoms with Gasteiger partial charge in [0, 0.05) is 39.1 Å². The number of thioether (sulfide) groups is 1. The predicted octanol–water partition coefficient (Wildman–Crippen LogP) is 4.11. The molecule has 1 aliphatic rings. The number of nitrogens with zero attached hydrogens (tertiary/aromatic N) is 5. The summed E-state index contributed by atoms with van der Waals surface area (Å²) in [6, 6.07) is 10.9. The van der Waals surface area contributed by atoms with E-state index in [4.69, 9.17) is 4.99 Å². The Morgan fingerprint density at radius 2 is 2.00 bits per heavy atom. The highest BCUT2D eigenvalue weighted by Gasteiger charge is 2.21. The Labute approximate surface area is 208 Å². The fourth-order valence-electron chi connectivity index (χ4n) is 3.99. The number of likely N-dealkylation sites (tertiary alicyclic amines) is 1. The minimum absolute atomic E-state index is 0. The summed E-state index contributed by atoms with van der Waals surface area (Å²) in [5.41, 5.74) is 1.46. The van der Waals surface area contributed by atoms with Crippen LogP contribution in [0.25, 0.3) is 0 Å². The van der Waals surface area contributed by atoms with Crippen LogP contribution in [0.3, 0.4) is 0 Å². The first-order valence-corrected chi connectivity index (χ1v) is 12.6. The van der Waals surface area contributed by atoms with Crippen molar-refractivity contribution in [2.75, 3.05) is 38.2 Å². The van der Waals surface area contributed by atoms with Crippen LogP contribution in [-0.2, 0) is 19.4 Å². The van der Waals surface area contributed by atoms with E-state index < -0.39 is 0 Å². The first kappa shape index (κ1) is 26.0. The van der Waals surface area contributed by atoms with Crippen LogP contribution in [0.5, 0.6) is 0 Å². The van der Waals surface area contributed by atoms with Crippen LogP contribution in [-0.4, -0.2) is 63.8 Å². The van der Waals surface area contributed by atoms with Crippen LogP contribution >= 0.6 is 35.7 Å². The van der Waals surface area contributed by atoms with E-state index in [0.717, 1.165) is 69.0 Å². The van der Waals surface area contributed by atoms with E-state index in [9.17, 15) is 0 Å². The summed E-state index contributed by atoms with van der Waals surface area (Å²) >= 11 is 1.89. The lowest BCUT2D eigenvalue weighted by Gasteiger charge is -2.34. The first-order valence-electron chi connectivity index (χ1n) is 11.2. The Morgan fingerprint density at radius 1 is 1.23 bits per heavy atom. The van der Waals surface area contributed by atoms with E-state index in [0.29, 0.717) is 0 Å². The van der Waals surface area contributed by atoms with Crippen molar-refractivity contribution in [3.63, 3.8) is 0 Å². The Bertz CT molecular complexity index is 758. The number of piperidine rings is 1. The van der Waals surface area contributed by atoms with Gasteiger partial charge >= 0.3 is 0 Å². The molecule has 0 radical (unpaired) electrons. The van der Waals surface area contributed by atoms with Gasteiger partial charge in [0.2, 0.25) is 0 Å². The molecule has 2 aromatic rings. The molecule has 8 heteroatoms. The maximum atomic E-state index is 4.93. The first-order chi connectivity index (χ1) is 14.8. The van der Waals surface area contributed by atoms with Gasteiger partial charge < -0.3 is 14.8 Å². The molecule has 0 saturated carbocycles. The van der Waals surface area contributed by atoms with Crippen LogP contribution in [0, 0.1) is 5.92 Å². The monoisotopic (exact) mass is 556 g/mol.